The third-order valence-electron chi connectivity index (χ3n) is 5.63. The Morgan fingerprint density at radius 2 is 1.88 bits per heavy atom. The van der Waals surface area contributed by atoms with Gasteiger partial charge < -0.3 is 14.8 Å². The minimum absolute atomic E-state index is 0.122. The van der Waals surface area contributed by atoms with Crippen molar-refractivity contribution in [3.05, 3.63) is 65.5 Å². The molecule has 0 aliphatic carbocycles. The normalized spacial score (nSPS) is 12.2. The van der Waals surface area contributed by atoms with Gasteiger partial charge in [0.05, 0.1) is 29.4 Å². The summed E-state index contributed by atoms with van der Waals surface area (Å²) in [5.74, 6) is 2.27. The molecule has 1 aliphatic heterocycles. The van der Waals surface area contributed by atoms with Crippen LogP contribution in [0.2, 0.25) is 0 Å². The Kier molecular flexibility index (Phi) is 5.97. The summed E-state index contributed by atoms with van der Waals surface area (Å²) in [6, 6.07) is 15.8. The third-order valence-corrected chi connectivity index (χ3v) is 6.60. The second kappa shape index (κ2) is 9.22. The summed E-state index contributed by atoms with van der Waals surface area (Å²) < 4.78 is 14.7. The Hall–Kier alpha value is -3.79. The van der Waals surface area contributed by atoms with Crippen LogP contribution in [0.4, 0.5) is 5.69 Å². The van der Waals surface area contributed by atoms with E-state index in [4.69, 9.17) is 9.47 Å². The van der Waals surface area contributed by atoms with E-state index in [0.29, 0.717) is 11.7 Å². The van der Waals surface area contributed by atoms with Crippen molar-refractivity contribution in [1.29, 1.82) is 0 Å². The molecule has 9 nitrogen and oxygen atoms in total. The lowest BCUT2D eigenvalue weighted by atomic mass is 10.2. The molecule has 34 heavy (non-hydrogen) atoms. The molecule has 0 atom stereocenters. The molecule has 0 bridgehead atoms. The van der Waals surface area contributed by atoms with Crippen molar-refractivity contribution in [2.24, 2.45) is 7.05 Å². The van der Waals surface area contributed by atoms with Crippen molar-refractivity contribution in [2.75, 3.05) is 17.9 Å². The van der Waals surface area contributed by atoms with Gasteiger partial charge in [-0.05, 0) is 31.5 Å². The fourth-order valence-electron chi connectivity index (χ4n) is 3.82. The van der Waals surface area contributed by atoms with E-state index in [1.54, 1.807) is 4.68 Å². The summed E-state index contributed by atoms with van der Waals surface area (Å²) in [6.07, 6.45) is 0. The maximum Gasteiger partial charge on any atom is 0.234 e. The molecule has 2 aromatic carbocycles. The molecule has 3 heterocycles. The van der Waals surface area contributed by atoms with Crippen LogP contribution in [0.3, 0.4) is 0 Å². The van der Waals surface area contributed by atoms with Gasteiger partial charge in [0.2, 0.25) is 12.7 Å². The number of hydrogen-bond acceptors (Lipinski definition) is 7. The van der Waals surface area contributed by atoms with E-state index in [1.165, 1.54) is 11.8 Å². The molecule has 0 unspecified atom stereocenters. The molecule has 2 aromatic heterocycles. The molecule has 4 aromatic rings. The van der Waals surface area contributed by atoms with Crippen LogP contribution in [-0.2, 0) is 18.4 Å². The standard InChI is InChI=1S/C24H24N6O3S/c1-15-22(16(2)29(3)28-15)25-21(31)13-34-24-27-26-23(18-7-5-4-6-8-18)30(24)12-17-9-10-19-20(11-17)33-14-32-19/h4-11H,12-14H2,1-3H3,(H,25,31). The number of aromatic nitrogens is 5. The van der Waals surface area contributed by atoms with Crippen molar-refractivity contribution >= 4 is 23.4 Å². The molecule has 5 rings (SSSR count). The predicted molar refractivity (Wildman–Crippen MR) is 129 cm³/mol. The summed E-state index contributed by atoms with van der Waals surface area (Å²) >= 11 is 1.35. The first kappa shape index (κ1) is 22.0. The van der Waals surface area contributed by atoms with E-state index in [2.05, 4.69) is 20.6 Å². The summed E-state index contributed by atoms with van der Waals surface area (Å²) in [5.41, 5.74) is 4.42. The molecule has 0 fully saturated rings. The number of carbonyl (C=O) groups is 1. The predicted octanol–water partition coefficient (Wildman–Crippen LogP) is 3.80. The van der Waals surface area contributed by atoms with Crippen LogP contribution in [0.5, 0.6) is 11.5 Å². The maximum absolute atomic E-state index is 12.7. The molecule has 1 N–H and O–H groups in total. The van der Waals surface area contributed by atoms with Gasteiger partial charge in [-0.2, -0.15) is 5.10 Å². The number of benzene rings is 2. The molecule has 0 spiro atoms. The highest BCUT2D eigenvalue weighted by Gasteiger charge is 2.19. The lowest BCUT2D eigenvalue weighted by Gasteiger charge is -2.11. The van der Waals surface area contributed by atoms with Crippen LogP contribution in [0.1, 0.15) is 17.0 Å². The second-order valence-electron chi connectivity index (χ2n) is 7.95. The number of nitrogens with zero attached hydrogens (tertiary/aromatic N) is 5. The quantitative estimate of drug-likeness (QED) is 0.405. The molecular formula is C24H24N6O3S. The highest BCUT2D eigenvalue weighted by molar-refractivity contribution is 7.99. The van der Waals surface area contributed by atoms with Crippen LogP contribution in [0.25, 0.3) is 11.4 Å². The number of hydrogen-bond donors (Lipinski definition) is 1. The smallest absolute Gasteiger partial charge is 0.234 e. The number of nitrogens with one attached hydrogen (secondary N) is 1. The Morgan fingerprint density at radius 1 is 1.09 bits per heavy atom. The molecule has 174 valence electrons. The number of aryl methyl sites for hydroxylation is 2. The molecule has 1 amide bonds. The Morgan fingerprint density at radius 3 is 2.65 bits per heavy atom. The fourth-order valence-corrected chi connectivity index (χ4v) is 4.56. The molecular weight excluding hydrogens is 452 g/mol. The van der Waals surface area contributed by atoms with Gasteiger partial charge in [0, 0.05) is 12.6 Å². The van der Waals surface area contributed by atoms with Gasteiger partial charge >= 0.3 is 0 Å². The Bertz CT molecular complexity index is 1350. The third kappa shape index (κ3) is 4.36. The van der Waals surface area contributed by atoms with E-state index >= 15 is 0 Å². The van der Waals surface area contributed by atoms with Crippen LogP contribution in [0.15, 0.2) is 53.7 Å². The molecule has 1 aliphatic rings. The van der Waals surface area contributed by atoms with E-state index in [0.717, 1.165) is 45.5 Å². The van der Waals surface area contributed by atoms with Crippen LogP contribution >= 0.6 is 11.8 Å². The monoisotopic (exact) mass is 476 g/mol. The number of thioether (sulfide) groups is 1. The van der Waals surface area contributed by atoms with Gasteiger partial charge in [-0.3, -0.25) is 14.0 Å². The first-order valence-corrected chi connectivity index (χ1v) is 11.8. The number of amides is 1. The highest BCUT2D eigenvalue weighted by Crippen LogP contribution is 2.34. The van der Waals surface area contributed by atoms with E-state index < -0.39 is 0 Å². The lowest BCUT2D eigenvalue weighted by Crippen LogP contribution is -2.16. The zero-order chi connectivity index (χ0) is 23.7. The van der Waals surface area contributed by atoms with Gasteiger partial charge in [-0.25, -0.2) is 0 Å². The van der Waals surface area contributed by atoms with Gasteiger partial charge in [-0.1, -0.05) is 48.2 Å². The van der Waals surface area contributed by atoms with Gasteiger partial charge in [-0.15, -0.1) is 10.2 Å². The zero-order valence-corrected chi connectivity index (χ0v) is 19.9. The van der Waals surface area contributed by atoms with Crippen molar-refractivity contribution in [1.82, 2.24) is 24.5 Å². The summed E-state index contributed by atoms with van der Waals surface area (Å²) in [7, 11) is 1.86. The molecule has 0 radical (unpaired) electrons. The molecule has 0 saturated heterocycles. The minimum atomic E-state index is -0.122. The Balaban J connectivity index is 1.38. The topological polar surface area (TPSA) is 96.1 Å². The van der Waals surface area contributed by atoms with Crippen molar-refractivity contribution in [3.8, 4) is 22.9 Å². The number of carbonyl (C=O) groups excluding carboxylic acids is 1. The largest absolute Gasteiger partial charge is 0.454 e. The summed E-state index contributed by atoms with van der Waals surface area (Å²) in [4.78, 5) is 12.7. The van der Waals surface area contributed by atoms with Crippen LogP contribution in [0, 0.1) is 13.8 Å². The van der Waals surface area contributed by atoms with Crippen molar-refractivity contribution in [2.45, 2.75) is 25.5 Å². The maximum atomic E-state index is 12.7. The van der Waals surface area contributed by atoms with Gasteiger partial charge in [0.25, 0.3) is 0 Å². The molecule has 10 heteroatoms. The van der Waals surface area contributed by atoms with Gasteiger partial charge in [0.15, 0.2) is 22.5 Å². The fraction of sp³-hybridized carbons (Fsp3) is 0.250. The minimum Gasteiger partial charge on any atom is -0.454 e. The molecule has 0 saturated carbocycles. The first-order chi connectivity index (χ1) is 16.5. The van der Waals surface area contributed by atoms with Gasteiger partial charge in [0.1, 0.15) is 0 Å². The second-order valence-corrected chi connectivity index (χ2v) is 8.89. The lowest BCUT2D eigenvalue weighted by molar-refractivity contribution is -0.113. The SMILES string of the molecule is Cc1nn(C)c(C)c1NC(=O)CSc1nnc(-c2ccccc2)n1Cc1ccc2c(c1)OCO2. The van der Waals surface area contributed by atoms with Crippen LogP contribution < -0.4 is 14.8 Å². The average molecular weight is 477 g/mol. The Labute approximate surface area is 201 Å². The van der Waals surface area contributed by atoms with E-state index in [-0.39, 0.29) is 18.5 Å². The highest BCUT2D eigenvalue weighted by atomic mass is 32.2. The number of anilines is 1. The number of fused-ring (bicyclic) bond motifs is 1. The zero-order valence-electron chi connectivity index (χ0n) is 19.1. The number of rotatable bonds is 7. The van der Waals surface area contributed by atoms with Crippen molar-refractivity contribution in [3.63, 3.8) is 0 Å². The van der Waals surface area contributed by atoms with Crippen LogP contribution in [-0.4, -0.2) is 43.0 Å². The van der Waals surface area contributed by atoms with E-state index in [1.807, 2.05) is 74.0 Å². The summed E-state index contributed by atoms with van der Waals surface area (Å²) in [5, 5.41) is 16.8. The van der Waals surface area contributed by atoms with Crippen molar-refractivity contribution < 1.29 is 14.3 Å². The average Bonchev–Trinajstić information content (AvgIpc) is 3.53. The first-order valence-electron chi connectivity index (χ1n) is 10.8. The number of ether oxygens (including phenoxy) is 2. The van der Waals surface area contributed by atoms with E-state index in [9.17, 15) is 4.79 Å². The summed E-state index contributed by atoms with van der Waals surface area (Å²) in [6.45, 7) is 4.56.